The van der Waals surface area contributed by atoms with E-state index in [2.05, 4.69) is 10.7 Å². The molecule has 0 saturated heterocycles. The van der Waals surface area contributed by atoms with Gasteiger partial charge in [0, 0.05) is 20.7 Å². The van der Waals surface area contributed by atoms with Crippen molar-refractivity contribution in [2.45, 2.75) is 18.7 Å². The summed E-state index contributed by atoms with van der Waals surface area (Å²) in [6, 6.07) is 2.51. The molecule has 0 bridgehead atoms. The smallest absolute Gasteiger partial charge is 0.269 e. The quantitative estimate of drug-likeness (QED) is 0.189. The Labute approximate surface area is 184 Å². The van der Waals surface area contributed by atoms with Crippen molar-refractivity contribution in [2.24, 2.45) is 5.92 Å². The van der Waals surface area contributed by atoms with Gasteiger partial charge in [-0.3, -0.25) is 14.4 Å². The maximum atomic E-state index is 12.6. The highest BCUT2D eigenvalue weighted by Crippen LogP contribution is 2.39. The number of ether oxygens (including phenoxy) is 1. The third-order valence-electron chi connectivity index (χ3n) is 4.25. The van der Waals surface area contributed by atoms with Gasteiger partial charge in [0.25, 0.3) is 20.9 Å². The number of anilines is 3. The van der Waals surface area contributed by atoms with Gasteiger partial charge in [0.1, 0.15) is 23.0 Å². The number of hydrogen-bond donors (Lipinski definition) is 3. The molecule has 0 aliphatic heterocycles. The number of hydrogen-bond acceptors (Lipinski definition) is 10. The molecule has 0 aromatic heterocycles. The predicted molar refractivity (Wildman–Crippen MR) is 117 cm³/mol. The van der Waals surface area contributed by atoms with Crippen LogP contribution in [0.3, 0.4) is 0 Å². The zero-order valence-corrected chi connectivity index (χ0v) is 19.3. The topological polar surface area (TPSA) is 138 Å². The fraction of sp³-hybridized carbons (Fsp3) is 0.444. The monoisotopic (exact) mass is 476 g/mol. The highest BCUT2D eigenvalue weighted by Gasteiger charge is 2.31. The maximum Gasteiger partial charge on any atom is 0.269 e. The lowest BCUT2D eigenvalue weighted by atomic mass is 10.1. The number of halogens is 1. The Morgan fingerprint density at radius 1 is 1.16 bits per heavy atom. The summed E-state index contributed by atoms with van der Waals surface area (Å²) in [4.78, 5) is 28.3. The van der Waals surface area contributed by atoms with Crippen LogP contribution in [0.4, 0.5) is 17.1 Å². The second kappa shape index (κ2) is 9.94. The number of rotatable bonds is 11. The summed E-state index contributed by atoms with van der Waals surface area (Å²) in [5, 5.41) is 14.5. The molecular weight excluding hydrogens is 452 g/mol. The number of hydrazine groups is 1. The van der Waals surface area contributed by atoms with Gasteiger partial charge >= 0.3 is 0 Å². The van der Waals surface area contributed by atoms with Crippen LogP contribution in [0.1, 0.15) is 13.8 Å². The van der Waals surface area contributed by atoms with E-state index in [1.807, 2.05) is 13.8 Å². The third kappa shape index (κ3) is 5.17. The first kappa shape index (κ1) is 25.0. The van der Waals surface area contributed by atoms with Crippen molar-refractivity contribution in [2.75, 3.05) is 45.3 Å². The van der Waals surface area contributed by atoms with Crippen LogP contribution in [0, 0.1) is 5.92 Å². The van der Waals surface area contributed by atoms with E-state index in [0.717, 1.165) is 14.2 Å². The summed E-state index contributed by atoms with van der Waals surface area (Å²) in [7, 11) is -0.545. The predicted octanol–water partition coefficient (Wildman–Crippen LogP) is 1.46. The lowest BCUT2D eigenvalue weighted by Gasteiger charge is -2.27. The number of hydroxylamine groups is 1. The van der Waals surface area contributed by atoms with E-state index in [-0.39, 0.29) is 34.7 Å². The number of nitrogens with one attached hydrogen (secondary N) is 2. The van der Waals surface area contributed by atoms with Gasteiger partial charge in [-0.15, -0.1) is 0 Å². The van der Waals surface area contributed by atoms with Gasteiger partial charge in [-0.05, 0) is 18.1 Å². The molecule has 2 rings (SSSR count). The number of phenols is 1. The average molecular weight is 477 g/mol. The summed E-state index contributed by atoms with van der Waals surface area (Å²) in [5.41, 5.74) is 0.966. The van der Waals surface area contributed by atoms with E-state index in [0.29, 0.717) is 11.0 Å². The minimum atomic E-state index is -4.29. The minimum absolute atomic E-state index is 0.0320. The lowest BCUT2D eigenvalue weighted by Crippen LogP contribution is -2.43. The normalized spacial score (nSPS) is 12.3. The number of methoxy groups -OCH3 is 1. The maximum absolute atomic E-state index is 12.6. The summed E-state index contributed by atoms with van der Waals surface area (Å²) in [6.07, 6.45) is 0. The first-order valence-electron chi connectivity index (χ1n) is 9.11. The summed E-state index contributed by atoms with van der Waals surface area (Å²) < 4.78 is 30.8. The van der Waals surface area contributed by atoms with Crippen molar-refractivity contribution in [3.05, 3.63) is 37.6 Å². The van der Waals surface area contributed by atoms with Gasteiger partial charge in [0.05, 0.1) is 17.8 Å². The molecular formula is C18H25ClN4O7S. The molecule has 0 aliphatic carbocycles. The highest BCUT2D eigenvalue weighted by atomic mass is 35.5. The molecule has 13 heteroatoms. The number of sulfonamides is 1. The zero-order valence-electron chi connectivity index (χ0n) is 17.7. The van der Waals surface area contributed by atoms with E-state index in [9.17, 15) is 23.1 Å². The van der Waals surface area contributed by atoms with Gasteiger partial charge in [-0.25, -0.2) is 8.42 Å². The Bertz CT molecular complexity index is 1110. The van der Waals surface area contributed by atoms with E-state index in [4.69, 9.17) is 21.2 Å². The van der Waals surface area contributed by atoms with Gasteiger partial charge in [-0.2, -0.15) is 5.01 Å². The lowest BCUT2D eigenvalue weighted by molar-refractivity contribution is -0.0259. The minimum Gasteiger partial charge on any atom is -0.504 e. The van der Waals surface area contributed by atoms with Crippen molar-refractivity contribution >= 4 is 38.7 Å². The van der Waals surface area contributed by atoms with Crippen molar-refractivity contribution in [1.29, 1.82) is 0 Å². The van der Waals surface area contributed by atoms with Crippen LogP contribution in [0.25, 0.3) is 0 Å². The van der Waals surface area contributed by atoms with Gasteiger partial charge < -0.3 is 20.6 Å². The Kier molecular flexibility index (Phi) is 8.03. The van der Waals surface area contributed by atoms with E-state index in [1.54, 1.807) is 5.01 Å². The summed E-state index contributed by atoms with van der Waals surface area (Å²) >= 11 is 5.99. The molecule has 0 amide bonds. The number of benzene rings is 1. The van der Waals surface area contributed by atoms with E-state index in [1.165, 1.54) is 19.2 Å². The zero-order chi connectivity index (χ0) is 23.5. The largest absolute Gasteiger partial charge is 0.504 e. The molecule has 172 valence electrons. The molecule has 11 nitrogen and oxygen atoms in total. The summed E-state index contributed by atoms with van der Waals surface area (Å²) in [6.45, 7) is 4.60. The van der Waals surface area contributed by atoms with E-state index < -0.39 is 31.5 Å². The van der Waals surface area contributed by atoms with Crippen LogP contribution >= 0.6 is 11.6 Å². The molecule has 0 heterocycles. The van der Waals surface area contributed by atoms with Crippen LogP contribution in [0.15, 0.2) is 26.6 Å². The Morgan fingerprint density at radius 3 is 2.32 bits per heavy atom. The second-order valence-corrected chi connectivity index (χ2v) is 9.33. The molecule has 0 fully saturated rings. The first-order valence-corrected chi connectivity index (χ1v) is 10.9. The van der Waals surface area contributed by atoms with Crippen molar-refractivity contribution < 1.29 is 23.1 Å². The van der Waals surface area contributed by atoms with Crippen molar-refractivity contribution in [3.8, 4) is 5.75 Å². The number of aromatic hydroxyl groups is 1. The standard InChI is InChI=1S/C18H25ClN4O7S/c1-10(2)8-23(9-29-4)21-14-13(16(25)17(14)26)20-12-7-6-11(19)18(15(12)24)31(27,28)22(3)30-5/h6-7,10,20-21,24H,8-9H2,1-5H3. The molecule has 0 atom stereocenters. The fourth-order valence-corrected chi connectivity index (χ4v) is 4.32. The van der Waals surface area contributed by atoms with Crippen LogP contribution < -0.4 is 21.6 Å². The molecule has 0 saturated carbocycles. The SMILES string of the molecule is COCN(CC(C)C)Nc1c(Nc2ccc(Cl)c(S(=O)(=O)N(C)OC)c2O)c(=O)c1=O. The molecule has 3 N–H and O–H groups in total. The van der Waals surface area contributed by atoms with Gasteiger partial charge in [0.2, 0.25) is 0 Å². The van der Waals surface area contributed by atoms with Crippen molar-refractivity contribution in [3.63, 3.8) is 0 Å². The average Bonchev–Trinajstić information content (AvgIpc) is 2.70. The van der Waals surface area contributed by atoms with Gasteiger partial charge in [-0.1, -0.05) is 29.9 Å². The van der Waals surface area contributed by atoms with Crippen LogP contribution in [0.2, 0.25) is 5.02 Å². The molecule has 0 spiro atoms. The van der Waals surface area contributed by atoms with Crippen molar-refractivity contribution in [1.82, 2.24) is 9.48 Å². The molecule has 2 aromatic carbocycles. The van der Waals surface area contributed by atoms with E-state index >= 15 is 0 Å². The first-order chi connectivity index (χ1) is 14.4. The molecule has 2 aromatic rings. The number of phenolic OH excluding ortho intramolecular Hbond substituents is 1. The Morgan fingerprint density at radius 2 is 1.77 bits per heavy atom. The van der Waals surface area contributed by atoms with Crippen LogP contribution in [-0.4, -0.2) is 57.5 Å². The Hall–Kier alpha value is -2.22. The Balaban J connectivity index is 2.43. The van der Waals surface area contributed by atoms with Gasteiger partial charge in [0.15, 0.2) is 5.75 Å². The van der Waals surface area contributed by atoms with Crippen LogP contribution in [0.5, 0.6) is 5.75 Å². The number of nitrogens with zero attached hydrogens (tertiary/aromatic N) is 2. The molecule has 0 aliphatic rings. The second-order valence-electron chi connectivity index (χ2n) is 7.05. The third-order valence-corrected chi connectivity index (χ3v) is 6.43. The summed E-state index contributed by atoms with van der Waals surface area (Å²) in [5.74, 6) is -0.497. The molecule has 0 unspecified atom stereocenters. The molecule has 0 radical (unpaired) electrons. The highest BCUT2D eigenvalue weighted by molar-refractivity contribution is 7.89. The molecule has 31 heavy (non-hydrogen) atoms. The van der Waals surface area contributed by atoms with Crippen LogP contribution in [-0.2, 0) is 19.6 Å². The fourth-order valence-electron chi connectivity index (χ4n) is 2.76.